The van der Waals surface area contributed by atoms with Gasteiger partial charge in [-0.2, -0.15) is 5.26 Å². The van der Waals surface area contributed by atoms with E-state index in [0.29, 0.717) is 11.1 Å². The van der Waals surface area contributed by atoms with Gasteiger partial charge in [0.1, 0.15) is 5.82 Å². The molecule has 0 aliphatic rings. The topological polar surface area (TPSA) is 23.8 Å². The molecule has 0 unspecified atom stereocenters. The van der Waals surface area contributed by atoms with Crippen LogP contribution in [0.25, 0.3) is 10.8 Å². The molecule has 0 saturated heterocycles. The fraction of sp³-hybridized carbons (Fsp3) is 0.214. The van der Waals surface area contributed by atoms with Crippen molar-refractivity contribution in [3.05, 3.63) is 46.8 Å². The highest BCUT2D eigenvalue weighted by Gasteiger charge is 2.08. The zero-order valence-corrected chi connectivity index (χ0v) is 9.34. The summed E-state index contributed by atoms with van der Waals surface area (Å²) >= 11 is 0. The molecule has 0 aliphatic carbocycles. The van der Waals surface area contributed by atoms with E-state index >= 15 is 0 Å². The van der Waals surface area contributed by atoms with E-state index in [0.717, 1.165) is 22.8 Å². The fourth-order valence-electron chi connectivity index (χ4n) is 2.07. The summed E-state index contributed by atoms with van der Waals surface area (Å²) in [6, 6.07) is 8.97. The van der Waals surface area contributed by atoms with Crippen LogP contribution in [-0.4, -0.2) is 0 Å². The molecule has 80 valence electrons. The Balaban J connectivity index is 2.91. The molecule has 0 atom stereocenters. The lowest BCUT2D eigenvalue weighted by atomic mass is 9.96. The number of rotatable bonds is 1. The second-order valence-electron chi connectivity index (χ2n) is 3.87. The first-order chi connectivity index (χ1) is 7.67. The minimum absolute atomic E-state index is 0.188. The summed E-state index contributed by atoms with van der Waals surface area (Å²) < 4.78 is 13.5. The molecule has 16 heavy (non-hydrogen) atoms. The quantitative estimate of drug-likeness (QED) is 0.708. The highest BCUT2D eigenvalue weighted by molar-refractivity contribution is 5.90. The van der Waals surface area contributed by atoms with E-state index in [4.69, 9.17) is 5.26 Å². The summed E-state index contributed by atoms with van der Waals surface area (Å²) in [4.78, 5) is 0. The molecular weight excluding hydrogens is 201 g/mol. The van der Waals surface area contributed by atoms with Gasteiger partial charge in [0.15, 0.2) is 0 Å². The van der Waals surface area contributed by atoms with Gasteiger partial charge >= 0.3 is 0 Å². The van der Waals surface area contributed by atoms with Crippen molar-refractivity contribution in [2.24, 2.45) is 0 Å². The molecule has 0 aromatic heterocycles. The van der Waals surface area contributed by atoms with Crippen molar-refractivity contribution in [3.63, 3.8) is 0 Å². The molecule has 2 aromatic rings. The molecule has 0 fully saturated rings. The first-order valence-corrected chi connectivity index (χ1v) is 5.29. The van der Waals surface area contributed by atoms with Crippen LogP contribution in [0.15, 0.2) is 24.3 Å². The fourth-order valence-corrected chi connectivity index (χ4v) is 2.07. The molecular formula is C14H12FN. The van der Waals surface area contributed by atoms with Gasteiger partial charge in [0.2, 0.25) is 0 Å². The van der Waals surface area contributed by atoms with E-state index < -0.39 is 0 Å². The molecule has 0 aliphatic heterocycles. The number of hydrogen-bond acceptors (Lipinski definition) is 1. The van der Waals surface area contributed by atoms with E-state index in [9.17, 15) is 4.39 Å². The molecule has 0 bridgehead atoms. The van der Waals surface area contributed by atoms with Crippen molar-refractivity contribution < 1.29 is 4.39 Å². The summed E-state index contributed by atoms with van der Waals surface area (Å²) in [6.07, 6.45) is 0.802. The Morgan fingerprint density at radius 3 is 2.69 bits per heavy atom. The van der Waals surface area contributed by atoms with Crippen molar-refractivity contribution in [1.82, 2.24) is 0 Å². The standard InChI is InChI=1S/C14H12FN/c1-3-11-6-10(8-16)7-12-4-5-13(15)9(2)14(11)12/h4-7H,3H2,1-2H3. The molecule has 0 heterocycles. The maximum Gasteiger partial charge on any atom is 0.126 e. The second-order valence-corrected chi connectivity index (χ2v) is 3.87. The summed E-state index contributed by atoms with van der Waals surface area (Å²) in [5, 5.41) is 10.8. The van der Waals surface area contributed by atoms with Crippen molar-refractivity contribution in [2.45, 2.75) is 20.3 Å². The molecule has 0 N–H and O–H groups in total. The molecule has 2 heteroatoms. The smallest absolute Gasteiger partial charge is 0.126 e. The molecule has 1 nitrogen and oxygen atoms in total. The predicted molar refractivity (Wildman–Crippen MR) is 62.7 cm³/mol. The van der Waals surface area contributed by atoms with Crippen molar-refractivity contribution in [2.75, 3.05) is 0 Å². The number of nitriles is 1. The van der Waals surface area contributed by atoms with E-state index in [1.807, 2.05) is 13.0 Å². The lowest BCUT2D eigenvalue weighted by molar-refractivity contribution is 0.621. The van der Waals surface area contributed by atoms with Crippen molar-refractivity contribution in [1.29, 1.82) is 5.26 Å². The van der Waals surface area contributed by atoms with Crippen molar-refractivity contribution >= 4 is 10.8 Å². The maximum absolute atomic E-state index is 13.5. The van der Waals surface area contributed by atoms with Crippen LogP contribution < -0.4 is 0 Å². The van der Waals surface area contributed by atoms with Crippen LogP contribution in [0.3, 0.4) is 0 Å². The Hall–Kier alpha value is -1.88. The Morgan fingerprint density at radius 1 is 1.31 bits per heavy atom. The number of aryl methyl sites for hydroxylation is 2. The van der Waals surface area contributed by atoms with Gasteiger partial charge in [-0.05, 0) is 53.4 Å². The average molecular weight is 213 g/mol. The van der Waals surface area contributed by atoms with Gasteiger partial charge in [-0.3, -0.25) is 0 Å². The summed E-state index contributed by atoms with van der Waals surface area (Å²) in [5.74, 6) is -0.188. The van der Waals surface area contributed by atoms with Gasteiger partial charge in [-0.1, -0.05) is 13.0 Å². The lowest BCUT2D eigenvalue weighted by Crippen LogP contribution is -1.92. The number of hydrogen-bond donors (Lipinski definition) is 0. The third-order valence-electron chi connectivity index (χ3n) is 2.90. The summed E-state index contributed by atoms with van der Waals surface area (Å²) in [6.45, 7) is 3.79. The van der Waals surface area contributed by atoms with Crippen LogP contribution in [0.1, 0.15) is 23.6 Å². The zero-order chi connectivity index (χ0) is 11.7. The van der Waals surface area contributed by atoms with Gasteiger partial charge in [0, 0.05) is 0 Å². The Labute approximate surface area is 94.1 Å². The monoisotopic (exact) mass is 213 g/mol. The number of halogens is 1. The highest BCUT2D eigenvalue weighted by atomic mass is 19.1. The number of nitrogens with zero attached hydrogens (tertiary/aromatic N) is 1. The van der Waals surface area contributed by atoms with Gasteiger partial charge in [-0.25, -0.2) is 4.39 Å². The van der Waals surface area contributed by atoms with Crippen LogP contribution in [0.5, 0.6) is 0 Å². The van der Waals surface area contributed by atoms with Crippen LogP contribution in [0, 0.1) is 24.1 Å². The van der Waals surface area contributed by atoms with Gasteiger partial charge < -0.3 is 0 Å². The van der Waals surface area contributed by atoms with E-state index in [1.54, 1.807) is 19.1 Å². The largest absolute Gasteiger partial charge is 0.207 e. The Bertz CT molecular complexity index is 594. The third-order valence-corrected chi connectivity index (χ3v) is 2.90. The van der Waals surface area contributed by atoms with Crippen molar-refractivity contribution in [3.8, 4) is 6.07 Å². The molecule has 0 saturated carbocycles. The summed E-state index contributed by atoms with van der Waals surface area (Å²) in [7, 11) is 0. The maximum atomic E-state index is 13.5. The second kappa shape index (κ2) is 3.94. The molecule has 0 spiro atoms. The first-order valence-electron chi connectivity index (χ1n) is 5.29. The Morgan fingerprint density at radius 2 is 2.06 bits per heavy atom. The van der Waals surface area contributed by atoms with Gasteiger partial charge in [0.05, 0.1) is 11.6 Å². The molecule has 2 rings (SSSR count). The van der Waals surface area contributed by atoms with Crippen LogP contribution >= 0.6 is 0 Å². The van der Waals surface area contributed by atoms with E-state index in [2.05, 4.69) is 6.07 Å². The Kier molecular flexibility index (Phi) is 2.62. The summed E-state index contributed by atoms with van der Waals surface area (Å²) in [5.41, 5.74) is 2.33. The minimum Gasteiger partial charge on any atom is -0.207 e. The van der Waals surface area contributed by atoms with Crippen LogP contribution in [0.2, 0.25) is 0 Å². The molecule has 2 aromatic carbocycles. The normalized spacial score (nSPS) is 10.4. The molecule has 0 radical (unpaired) electrons. The number of benzene rings is 2. The van der Waals surface area contributed by atoms with Gasteiger partial charge in [-0.15, -0.1) is 0 Å². The van der Waals surface area contributed by atoms with Crippen LogP contribution in [-0.2, 0) is 6.42 Å². The van der Waals surface area contributed by atoms with Crippen LogP contribution in [0.4, 0.5) is 4.39 Å². The minimum atomic E-state index is -0.188. The SMILES string of the molecule is CCc1cc(C#N)cc2ccc(F)c(C)c12. The predicted octanol–water partition coefficient (Wildman–Crippen LogP) is 3.72. The zero-order valence-electron chi connectivity index (χ0n) is 9.34. The number of fused-ring (bicyclic) bond motifs is 1. The average Bonchev–Trinajstić information content (AvgIpc) is 2.32. The van der Waals surface area contributed by atoms with E-state index in [1.165, 1.54) is 6.07 Å². The lowest BCUT2D eigenvalue weighted by Gasteiger charge is -2.09. The van der Waals surface area contributed by atoms with Gasteiger partial charge in [0.25, 0.3) is 0 Å². The third kappa shape index (κ3) is 1.55. The first kappa shape index (κ1) is 10.6. The highest BCUT2D eigenvalue weighted by Crippen LogP contribution is 2.26. The molecule has 0 amide bonds. The van der Waals surface area contributed by atoms with E-state index in [-0.39, 0.29) is 5.82 Å².